The third-order valence-corrected chi connectivity index (χ3v) is 7.97. The predicted octanol–water partition coefficient (Wildman–Crippen LogP) is 2.83. The Morgan fingerprint density at radius 3 is 2.41 bits per heavy atom. The summed E-state index contributed by atoms with van der Waals surface area (Å²) in [6, 6.07) is 12.6. The first kappa shape index (κ1) is 23.9. The van der Waals surface area contributed by atoms with E-state index in [0.29, 0.717) is 36.1 Å². The van der Waals surface area contributed by atoms with Gasteiger partial charge in [0, 0.05) is 44.6 Å². The molecule has 0 aliphatic carbocycles. The summed E-state index contributed by atoms with van der Waals surface area (Å²) in [7, 11) is -1.99. The van der Waals surface area contributed by atoms with Crippen LogP contribution in [0.4, 0.5) is 0 Å². The lowest BCUT2D eigenvalue weighted by molar-refractivity contribution is -0.132. The molecule has 0 bridgehead atoms. The van der Waals surface area contributed by atoms with Crippen molar-refractivity contribution >= 4 is 15.9 Å². The van der Waals surface area contributed by atoms with Crippen molar-refractivity contribution in [2.75, 3.05) is 33.3 Å². The van der Waals surface area contributed by atoms with E-state index in [1.807, 2.05) is 37.3 Å². The van der Waals surface area contributed by atoms with Crippen LogP contribution in [0.3, 0.4) is 0 Å². The number of sulfonamides is 1. The maximum Gasteiger partial charge on any atom is 0.243 e. The first-order chi connectivity index (χ1) is 16.3. The summed E-state index contributed by atoms with van der Waals surface area (Å²) >= 11 is 0. The molecule has 0 atom stereocenters. The van der Waals surface area contributed by atoms with Gasteiger partial charge in [-0.15, -0.1) is 0 Å². The second-order valence-electron chi connectivity index (χ2n) is 8.29. The Hall–Kier alpha value is -3.24. The van der Waals surface area contributed by atoms with E-state index in [1.165, 1.54) is 4.31 Å². The zero-order valence-electron chi connectivity index (χ0n) is 19.5. The Morgan fingerprint density at radius 2 is 1.76 bits per heavy atom. The number of ether oxygens (including phenoxy) is 1. The van der Waals surface area contributed by atoms with Gasteiger partial charge in [-0.05, 0) is 49.7 Å². The summed E-state index contributed by atoms with van der Waals surface area (Å²) in [6.45, 7) is 4.97. The number of rotatable bonds is 7. The van der Waals surface area contributed by atoms with Crippen LogP contribution in [0.1, 0.15) is 23.4 Å². The molecule has 0 unspecified atom stereocenters. The Bertz CT molecular complexity index is 1260. The zero-order valence-corrected chi connectivity index (χ0v) is 20.3. The normalized spacial score (nSPS) is 14.9. The van der Waals surface area contributed by atoms with Gasteiger partial charge in [0.1, 0.15) is 5.75 Å². The van der Waals surface area contributed by atoms with Crippen molar-refractivity contribution in [2.24, 2.45) is 0 Å². The fourth-order valence-electron chi connectivity index (χ4n) is 3.99. The van der Waals surface area contributed by atoms with Gasteiger partial charge in [-0.2, -0.15) is 9.29 Å². The van der Waals surface area contributed by atoms with E-state index in [1.54, 1.807) is 31.1 Å². The lowest BCUT2D eigenvalue weighted by Crippen LogP contribution is -2.50. The van der Waals surface area contributed by atoms with E-state index in [0.717, 1.165) is 22.4 Å². The monoisotopic (exact) mass is 484 g/mol. The van der Waals surface area contributed by atoms with Crippen LogP contribution in [0.25, 0.3) is 11.4 Å². The van der Waals surface area contributed by atoms with Gasteiger partial charge in [-0.1, -0.05) is 22.9 Å². The molecule has 1 saturated heterocycles. The van der Waals surface area contributed by atoms with Crippen LogP contribution in [0.15, 0.2) is 51.9 Å². The number of hydrogen-bond donors (Lipinski definition) is 0. The number of benzene rings is 2. The highest BCUT2D eigenvalue weighted by Gasteiger charge is 2.31. The second-order valence-corrected chi connectivity index (χ2v) is 10.2. The van der Waals surface area contributed by atoms with Crippen molar-refractivity contribution in [3.8, 4) is 17.1 Å². The largest absolute Gasteiger partial charge is 0.497 e. The molecule has 1 aliphatic rings. The van der Waals surface area contributed by atoms with Crippen molar-refractivity contribution in [3.63, 3.8) is 0 Å². The number of amides is 1. The Morgan fingerprint density at radius 1 is 1.06 bits per heavy atom. The standard InChI is InChI=1S/C24H28N4O5S/c1-17-4-9-21(18(2)16-17)34(30,31)28-14-12-27(13-15-28)23(29)11-10-22-25-24(26-33-22)19-5-7-20(32-3)8-6-19/h4-9,16H,10-15H2,1-3H3. The van der Waals surface area contributed by atoms with Crippen LogP contribution < -0.4 is 4.74 Å². The van der Waals surface area contributed by atoms with Gasteiger partial charge in [0.25, 0.3) is 0 Å². The van der Waals surface area contributed by atoms with Gasteiger partial charge in [0.2, 0.25) is 27.6 Å². The van der Waals surface area contributed by atoms with Gasteiger partial charge < -0.3 is 14.2 Å². The minimum atomic E-state index is -3.59. The minimum absolute atomic E-state index is 0.0623. The second kappa shape index (κ2) is 9.94. The van der Waals surface area contributed by atoms with E-state index in [-0.39, 0.29) is 25.4 Å². The van der Waals surface area contributed by atoms with Gasteiger partial charge >= 0.3 is 0 Å². The highest BCUT2D eigenvalue weighted by atomic mass is 32.2. The molecule has 4 rings (SSSR count). The summed E-state index contributed by atoms with van der Waals surface area (Å²) in [6.07, 6.45) is 0.539. The molecule has 1 fully saturated rings. The zero-order chi connectivity index (χ0) is 24.3. The van der Waals surface area contributed by atoms with Crippen LogP contribution in [0.2, 0.25) is 0 Å². The summed E-state index contributed by atoms with van der Waals surface area (Å²) in [5.74, 6) is 1.51. The molecule has 34 heavy (non-hydrogen) atoms. The smallest absolute Gasteiger partial charge is 0.243 e. The molecule has 2 aromatic carbocycles. The van der Waals surface area contributed by atoms with Gasteiger partial charge in [0.05, 0.1) is 12.0 Å². The quantitative estimate of drug-likeness (QED) is 0.508. The third kappa shape index (κ3) is 5.13. The number of piperazine rings is 1. The number of hydrogen-bond acceptors (Lipinski definition) is 7. The van der Waals surface area contributed by atoms with Crippen LogP contribution >= 0.6 is 0 Å². The first-order valence-corrected chi connectivity index (χ1v) is 12.5. The van der Waals surface area contributed by atoms with Crippen molar-refractivity contribution < 1.29 is 22.5 Å². The number of carbonyl (C=O) groups is 1. The molecule has 180 valence electrons. The van der Waals surface area contributed by atoms with Crippen LogP contribution in [0.5, 0.6) is 5.75 Å². The number of aromatic nitrogens is 2. The highest BCUT2D eigenvalue weighted by molar-refractivity contribution is 7.89. The molecule has 0 spiro atoms. The number of nitrogens with zero attached hydrogens (tertiary/aromatic N) is 4. The molecular weight excluding hydrogens is 456 g/mol. The molecule has 2 heterocycles. The molecule has 1 aromatic heterocycles. The molecular formula is C24H28N4O5S. The van der Waals surface area contributed by atoms with E-state index in [9.17, 15) is 13.2 Å². The fourth-order valence-corrected chi connectivity index (χ4v) is 5.62. The van der Waals surface area contributed by atoms with Crippen molar-refractivity contribution in [1.29, 1.82) is 0 Å². The lowest BCUT2D eigenvalue weighted by atomic mass is 10.2. The first-order valence-electron chi connectivity index (χ1n) is 11.1. The molecule has 3 aromatic rings. The molecule has 1 amide bonds. The molecule has 0 saturated carbocycles. The van der Waals surface area contributed by atoms with E-state index in [4.69, 9.17) is 9.26 Å². The SMILES string of the molecule is COc1ccc(-c2noc(CCC(=O)N3CCN(S(=O)(=O)c4ccc(C)cc4C)CC3)n2)cc1. The summed E-state index contributed by atoms with van der Waals surface area (Å²) < 4.78 is 38.0. The van der Waals surface area contributed by atoms with Crippen molar-refractivity contribution in [1.82, 2.24) is 19.3 Å². The Balaban J connectivity index is 1.30. The lowest BCUT2D eigenvalue weighted by Gasteiger charge is -2.34. The van der Waals surface area contributed by atoms with Crippen molar-refractivity contribution in [2.45, 2.75) is 31.6 Å². The van der Waals surface area contributed by atoms with Gasteiger partial charge in [-0.3, -0.25) is 4.79 Å². The topological polar surface area (TPSA) is 106 Å². The number of aryl methyl sites for hydroxylation is 3. The maximum absolute atomic E-state index is 13.0. The Kier molecular flexibility index (Phi) is 6.99. The van der Waals surface area contributed by atoms with Crippen LogP contribution in [-0.4, -0.2) is 67.0 Å². The summed E-state index contributed by atoms with van der Waals surface area (Å²) in [4.78, 5) is 19.1. The third-order valence-electron chi connectivity index (χ3n) is 5.91. The number of methoxy groups -OCH3 is 1. The molecule has 9 nitrogen and oxygen atoms in total. The highest BCUT2D eigenvalue weighted by Crippen LogP contribution is 2.23. The summed E-state index contributed by atoms with van der Waals surface area (Å²) in [5, 5.41) is 3.99. The molecule has 10 heteroatoms. The van der Waals surface area contributed by atoms with E-state index in [2.05, 4.69) is 10.1 Å². The molecule has 1 aliphatic heterocycles. The van der Waals surface area contributed by atoms with E-state index < -0.39 is 10.0 Å². The molecule has 0 N–H and O–H groups in total. The predicted molar refractivity (Wildman–Crippen MR) is 126 cm³/mol. The summed E-state index contributed by atoms with van der Waals surface area (Å²) in [5.41, 5.74) is 2.54. The van der Waals surface area contributed by atoms with Gasteiger partial charge in [0.15, 0.2) is 0 Å². The van der Waals surface area contributed by atoms with Crippen LogP contribution in [-0.2, 0) is 21.2 Å². The van der Waals surface area contributed by atoms with Gasteiger partial charge in [-0.25, -0.2) is 8.42 Å². The molecule has 0 radical (unpaired) electrons. The number of carbonyl (C=O) groups excluding carboxylic acids is 1. The maximum atomic E-state index is 13.0. The van der Waals surface area contributed by atoms with E-state index >= 15 is 0 Å². The average molecular weight is 485 g/mol. The van der Waals surface area contributed by atoms with Crippen molar-refractivity contribution in [3.05, 3.63) is 59.5 Å². The Labute approximate surface area is 199 Å². The fraction of sp³-hybridized carbons (Fsp3) is 0.375. The average Bonchev–Trinajstić information content (AvgIpc) is 3.31. The van der Waals surface area contributed by atoms with Crippen LogP contribution in [0, 0.1) is 13.8 Å². The minimum Gasteiger partial charge on any atom is -0.497 e.